The number of nitrogens with two attached hydrogens (primary N) is 3. The number of carbonyl (C=O) groups excluding carboxylic acids is 4. The SMILES string of the molecule is NCCN(CCN)C(=O)C[C@H](N)C(=O)N[C@@H](CCc1ccccc1)C(=O)CCc1ccc(C(=O)c2ccccc2)cc1. The summed E-state index contributed by atoms with van der Waals surface area (Å²) in [6.45, 7) is 1.19. The van der Waals surface area contributed by atoms with E-state index in [4.69, 9.17) is 17.2 Å². The molecule has 0 aliphatic rings. The molecule has 9 nitrogen and oxygen atoms in total. The van der Waals surface area contributed by atoms with E-state index in [1.165, 1.54) is 4.90 Å². The van der Waals surface area contributed by atoms with Gasteiger partial charge in [-0.2, -0.15) is 0 Å². The Hall–Kier alpha value is -4.18. The third kappa shape index (κ3) is 10.0. The van der Waals surface area contributed by atoms with Crippen LogP contribution in [0.15, 0.2) is 84.9 Å². The lowest BCUT2D eigenvalue weighted by atomic mass is 9.96. The molecular weight excluding hydrogens is 530 g/mol. The monoisotopic (exact) mass is 571 g/mol. The fourth-order valence-corrected chi connectivity index (χ4v) is 4.65. The van der Waals surface area contributed by atoms with Crippen LogP contribution < -0.4 is 22.5 Å². The largest absolute Gasteiger partial charge is 0.345 e. The fraction of sp³-hybridized carbons (Fsp3) is 0.333. The van der Waals surface area contributed by atoms with E-state index in [0.717, 1.165) is 11.1 Å². The molecule has 0 aliphatic heterocycles. The minimum Gasteiger partial charge on any atom is -0.345 e. The quantitative estimate of drug-likeness (QED) is 0.180. The number of hydrogen-bond donors (Lipinski definition) is 4. The van der Waals surface area contributed by atoms with Gasteiger partial charge in [-0.1, -0.05) is 84.9 Å². The average molecular weight is 572 g/mol. The Labute approximate surface area is 247 Å². The number of aryl methyl sites for hydroxylation is 2. The van der Waals surface area contributed by atoms with Crippen molar-refractivity contribution < 1.29 is 19.2 Å². The van der Waals surface area contributed by atoms with E-state index in [2.05, 4.69) is 5.32 Å². The number of benzene rings is 3. The van der Waals surface area contributed by atoms with Crippen LogP contribution in [-0.4, -0.2) is 66.5 Å². The molecule has 7 N–H and O–H groups in total. The molecule has 0 radical (unpaired) electrons. The molecule has 222 valence electrons. The van der Waals surface area contributed by atoms with Crippen LogP contribution in [0.3, 0.4) is 0 Å². The van der Waals surface area contributed by atoms with Crippen molar-refractivity contribution in [2.75, 3.05) is 26.2 Å². The number of ketones is 2. The van der Waals surface area contributed by atoms with Gasteiger partial charge >= 0.3 is 0 Å². The van der Waals surface area contributed by atoms with E-state index >= 15 is 0 Å². The summed E-state index contributed by atoms with van der Waals surface area (Å²) in [5.74, 6) is -1.06. The molecule has 2 atom stereocenters. The number of nitrogens with one attached hydrogen (secondary N) is 1. The Morgan fingerprint density at radius 2 is 1.26 bits per heavy atom. The number of carbonyl (C=O) groups is 4. The zero-order chi connectivity index (χ0) is 30.3. The number of Topliss-reactive ketones (excluding diaryl/α,β-unsaturated/α-hetero) is 1. The van der Waals surface area contributed by atoms with Crippen molar-refractivity contribution >= 4 is 23.4 Å². The van der Waals surface area contributed by atoms with Crippen LogP contribution in [0.4, 0.5) is 0 Å². The maximum Gasteiger partial charge on any atom is 0.238 e. The van der Waals surface area contributed by atoms with Crippen LogP contribution in [0.5, 0.6) is 0 Å². The summed E-state index contributed by atoms with van der Waals surface area (Å²) in [7, 11) is 0. The summed E-state index contributed by atoms with van der Waals surface area (Å²) in [5.41, 5.74) is 20.4. The first-order valence-electron chi connectivity index (χ1n) is 14.3. The van der Waals surface area contributed by atoms with Crippen molar-refractivity contribution in [2.24, 2.45) is 17.2 Å². The Bertz CT molecular complexity index is 1290. The summed E-state index contributed by atoms with van der Waals surface area (Å²) in [6, 6.07) is 24.1. The minimum absolute atomic E-state index is 0.0640. The summed E-state index contributed by atoms with van der Waals surface area (Å²) in [6.07, 6.45) is 1.42. The topological polar surface area (TPSA) is 162 Å². The summed E-state index contributed by atoms with van der Waals surface area (Å²) < 4.78 is 0. The third-order valence-corrected chi connectivity index (χ3v) is 7.06. The van der Waals surface area contributed by atoms with Crippen molar-refractivity contribution in [1.82, 2.24) is 10.2 Å². The Morgan fingerprint density at radius 3 is 1.86 bits per heavy atom. The molecule has 0 heterocycles. The fourth-order valence-electron chi connectivity index (χ4n) is 4.65. The third-order valence-electron chi connectivity index (χ3n) is 7.06. The smallest absolute Gasteiger partial charge is 0.238 e. The second-order valence-corrected chi connectivity index (χ2v) is 10.2. The van der Waals surface area contributed by atoms with E-state index in [1.807, 2.05) is 60.7 Å². The predicted octanol–water partition coefficient (Wildman–Crippen LogP) is 2.00. The molecule has 0 aromatic heterocycles. The van der Waals surface area contributed by atoms with Gasteiger partial charge in [0.05, 0.1) is 18.5 Å². The maximum atomic E-state index is 13.3. The van der Waals surface area contributed by atoms with Crippen LogP contribution in [0.2, 0.25) is 0 Å². The van der Waals surface area contributed by atoms with Crippen LogP contribution in [0, 0.1) is 0 Å². The van der Waals surface area contributed by atoms with E-state index < -0.39 is 18.0 Å². The molecular formula is C33H41N5O4. The predicted molar refractivity (Wildman–Crippen MR) is 164 cm³/mol. The molecule has 3 rings (SSSR count). The van der Waals surface area contributed by atoms with Gasteiger partial charge in [0, 0.05) is 43.7 Å². The molecule has 3 aromatic carbocycles. The minimum atomic E-state index is -1.11. The molecule has 0 bridgehead atoms. The normalized spacial score (nSPS) is 12.3. The van der Waals surface area contributed by atoms with Crippen molar-refractivity contribution in [3.05, 3.63) is 107 Å². The summed E-state index contributed by atoms with van der Waals surface area (Å²) in [5, 5.41) is 2.80. The van der Waals surface area contributed by atoms with Gasteiger partial charge in [-0.15, -0.1) is 0 Å². The highest BCUT2D eigenvalue weighted by atomic mass is 16.2. The summed E-state index contributed by atoms with van der Waals surface area (Å²) >= 11 is 0. The maximum absolute atomic E-state index is 13.3. The summed E-state index contributed by atoms with van der Waals surface area (Å²) in [4.78, 5) is 53.2. The Kier molecular flexibility index (Phi) is 13.0. The Morgan fingerprint density at radius 1 is 0.714 bits per heavy atom. The van der Waals surface area contributed by atoms with Gasteiger partial charge in [0.2, 0.25) is 11.8 Å². The highest BCUT2D eigenvalue weighted by molar-refractivity contribution is 6.08. The first kappa shape index (κ1) is 32.3. The van der Waals surface area contributed by atoms with Crippen LogP contribution in [0.1, 0.15) is 46.3 Å². The number of amides is 2. The van der Waals surface area contributed by atoms with Gasteiger partial charge in [-0.05, 0) is 30.4 Å². The highest BCUT2D eigenvalue weighted by Gasteiger charge is 2.26. The first-order chi connectivity index (χ1) is 20.3. The highest BCUT2D eigenvalue weighted by Crippen LogP contribution is 2.14. The van der Waals surface area contributed by atoms with Gasteiger partial charge in [-0.3, -0.25) is 19.2 Å². The second kappa shape index (κ2) is 16.9. The van der Waals surface area contributed by atoms with Gasteiger partial charge in [0.25, 0.3) is 0 Å². The molecule has 0 aliphatic carbocycles. The molecule has 0 spiro atoms. The number of nitrogens with zero attached hydrogens (tertiary/aromatic N) is 1. The molecule has 0 unspecified atom stereocenters. The zero-order valence-corrected chi connectivity index (χ0v) is 23.9. The lowest BCUT2D eigenvalue weighted by Gasteiger charge is -2.24. The van der Waals surface area contributed by atoms with E-state index in [1.54, 1.807) is 24.3 Å². The van der Waals surface area contributed by atoms with E-state index in [-0.39, 0.29) is 43.4 Å². The van der Waals surface area contributed by atoms with E-state index in [9.17, 15) is 19.2 Å². The van der Waals surface area contributed by atoms with Crippen LogP contribution in [-0.2, 0) is 27.2 Å². The molecule has 3 aromatic rings. The van der Waals surface area contributed by atoms with Gasteiger partial charge in [-0.25, -0.2) is 0 Å². The van der Waals surface area contributed by atoms with E-state index in [0.29, 0.717) is 43.5 Å². The molecule has 0 saturated carbocycles. The second-order valence-electron chi connectivity index (χ2n) is 10.2. The standard InChI is InChI=1S/C33H41N5O4/c34-19-21-38(22-20-35)31(40)23-28(36)33(42)37-29(17-13-24-7-3-1-4-8-24)30(39)18-14-25-11-15-27(16-12-25)32(41)26-9-5-2-6-10-26/h1-12,15-16,28-29H,13-14,17-23,34-36H2,(H,37,42)/t28-,29-/m0/s1. The van der Waals surface area contributed by atoms with Gasteiger partial charge in [0.1, 0.15) is 0 Å². The van der Waals surface area contributed by atoms with Crippen molar-refractivity contribution in [2.45, 2.75) is 44.2 Å². The van der Waals surface area contributed by atoms with Crippen molar-refractivity contribution in [3.8, 4) is 0 Å². The molecule has 0 fully saturated rings. The Balaban J connectivity index is 1.62. The first-order valence-corrected chi connectivity index (χ1v) is 14.3. The van der Waals surface area contributed by atoms with Crippen LogP contribution >= 0.6 is 0 Å². The van der Waals surface area contributed by atoms with Crippen molar-refractivity contribution in [1.29, 1.82) is 0 Å². The van der Waals surface area contributed by atoms with Crippen molar-refractivity contribution in [3.63, 3.8) is 0 Å². The van der Waals surface area contributed by atoms with Crippen LogP contribution in [0.25, 0.3) is 0 Å². The number of hydrogen-bond acceptors (Lipinski definition) is 7. The van der Waals surface area contributed by atoms with Gasteiger partial charge in [0.15, 0.2) is 11.6 Å². The number of rotatable bonds is 17. The lowest BCUT2D eigenvalue weighted by Crippen LogP contribution is -2.51. The molecule has 9 heteroatoms. The molecule has 2 amide bonds. The average Bonchev–Trinajstić information content (AvgIpc) is 3.02. The molecule has 0 saturated heterocycles. The van der Waals surface area contributed by atoms with Gasteiger partial charge < -0.3 is 27.4 Å². The molecule has 42 heavy (non-hydrogen) atoms. The lowest BCUT2D eigenvalue weighted by molar-refractivity contribution is -0.135. The zero-order valence-electron chi connectivity index (χ0n) is 23.9.